The normalized spacial score (nSPS) is 19.2. The van der Waals surface area contributed by atoms with Crippen molar-refractivity contribution in [1.82, 2.24) is 15.1 Å². The number of aromatic nitrogens is 2. The van der Waals surface area contributed by atoms with Crippen LogP contribution < -0.4 is 5.32 Å². The van der Waals surface area contributed by atoms with Gasteiger partial charge >= 0.3 is 0 Å². The van der Waals surface area contributed by atoms with Gasteiger partial charge in [-0.15, -0.1) is 0 Å². The molecule has 20 heavy (non-hydrogen) atoms. The standard InChI is InChI=1S/C16H21N3O/c1-12-16(15-11-20-9-8-17-15)13(2)19(18-12)10-14-6-4-3-5-7-14/h3-7,15,17H,8-11H2,1-2H3/t15-/m0/s1. The molecule has 2 aromatic rings. The van der Waals surface area contributed by atoms with E-state index in [4.69, 9.17) is 9.84 Å². The highest BCUT2D eigenvalue weighted by Gasteiger charge is 2.22. The quantitative estimate of drug-likeness (QED) is 0.930. The Morgan fingerprint density at radius 1 is 1.30 bits per heavy atom. The Morgan fingerprint density at radius 3 is 2.80 bits per heavy atom. The molecule has 1 atom stereocenters. The van der Waals surface area contributed by atoms with Crippen molar-refractivity contribution in [3.05, 3.63) is 52.8 Å². The fourth-order valence-corrected chi connectivity index (χ4v) is 2.88. The summed E-state index contributed by atoms with van der Waals surface area (Å²) in [7, 11) is 0. The molecule has 2 heterocycles. The lowest BCUT2D eigenvalue weighted by Gasteiger charge is -2.24. The third-order valence-electron chi connectivity index (χ3n) is 3.88. The molecule has 0 spiro atoms. The molecule has 1 aliphatic heterocycles. The number of hydrogen-bond acceptors (Lipinski definition) is 3. The molecule has 1 saturated heterocycles. The number of rotatable bonds is 3. The van der Waals surface area contributed by atoms with E-state index >= 15 is 0 Å². The molecule has 1 fully saturated rings. The SMILES string of the molecule is Cc1nn(Cc2ccccc2)c(C)c1[C@@H]1COCCN1. The molecule has 4 heteroatoms. The largest absolute Gasteiger partial charge is 0.378 e. The molecular weight excluding hydrogens is 250 g/mol. The molecule has 1 aromatic carbocycles. The van der Waals surface area contributed by atoms with Crippen molar-refractivity contribution in [3.63, 3.8) is 0 Å². The van der Waals surface area contributed by atoms with Gasteiger partial charge in [-0.1, -0.05) is 30.3 Å². The number of ether oxygens (including phenoxy) is 1. The van der Waals surface area contributed by atoms with Gasteiger partial charge in [0.2, 0.25) is 0 Å². The maximum Gasteiger partial charge on any atom is 0.0663 e. The molecule has 0 unspecified atom stereocenters. The second-order valence-corrected chi connectivity index (χ2v) is 5.31. The summed E-state index contributed by atoms with van der Waals surface area (Å²) >= 11 is 0. The highest BCUT2D eigenvalue weighted by atomic mass is 16.5. The minimum atomic E-state index is 0.272. The smallest absolute Gasteiger partial charge is 0.0663 e. The summed E-state index contributed by atoms with van der Waals surface area (Å²) < 4.78 is 7.67. The van der Waals surface area contributed by atoms with Gasteiger partial charge in [-0.25, -0.2) is 0 Å². The minimum Gasteiger partial charge on any atom is -0.378 e. The van der Waals surface area contributed by atoms with E-state index in [1.165, 1.54) is 16.8 Å². The zero-order valence-electron chi connectivity index (χ0n) is 12.1. The van der Waals surface area contributed by atoms with E-state index in [2.05, 4.69) is 48.1 Å². The molecule has 0 radical (unpaired) electrons. The van der Waals surface area contributed by atoms with Crippen LogP contribution >= 0.6 is 0 Å². The average molecular weight is 271 g/mol. The number of nitrogens with one attached hydrogen (secondary N) is 1. The van der Waals surface area contributed by atoms with Gasteiger partial charge in [-0.2, -0.15) is 5.10 Å². The van der Waals surface area contributed by atoms with Gasteiger partial charge in [0.25, 0.3) is 0 Å². The van der Waals surface area contributed by atoms with E-state index in [0.29, 0.717) is 0 Å². The van der Waals surface area contributed by atoms with E-state index in [-0.39, 0.29) is 6.04 Å². The molecular formula is C16H21N3O. The van der Waals surface area contributed by atoms with E-state index in [9.17, 15) is 0 Å². The summed E-state index contributed by atoms with van der Waals surface area (Å²) in [4.78, 5) is 0. The Kier molecular flexibility index (Phi) is 3.85. The zero-order valence-corrected chi connectivity index (χ0v) is 12.1. The van der Waals surface area contributed by atoms with Gasteiger partial charge < -0.3 is 10.1 Å². The van der Waals surface area contributed by atoms with Crippen LogP contribution in [0.25, 0.3) is 0 Å². The van der Waals surface area contributed by atoms with Crippen molar-refractivity contribution in [2.45, 2.75) is 26.4 Å². The van der Waals surface area contributed by atoms with Gasteiger partial charge in [0.15, 0.2) is 0 Å². The lowest BCUT2D eigenvalue weighted by Crippen LogP contribution is -2.35. The fourth-order valence-electron chi connectivity index (χ4n) is 2.88. The number of benzene rings is 1. The first kappa shape index (κ1) is 13.3. The summed E-state index contributed by atoms with van der Waals surface area (Å²) in [6.45, 7) is 7.49. The molecule has 0 bridgehead atoms. The van der Waals surface area contributed by atoms with Crippen molar-refractivity contribution in [3.8, 4) is 0 Å². The van der Waals surface area contributed by atoms with Crippen LogP contribution in [0.3, 0.4) is 0 Å². The molecule has 1 N–H and O–H groups in total. The van der Waals surface area contributed by atoms with Crippen molar-refractivity contribution in [2.75, 3.05) is 19.8 Å². The summed E-state index contributed by atoms with van der Waals surface area (Å²) in [5.74, 6) is 0. The Balaban J connectivity index is 1.86. The van der Waals surface area contributed by atoms with Gasteiger partial charge in [0, 0.05) is 17.8 Å². The van der Waals surface area contributed by atoms with E-state index < -0.39 is 0 Å². The molecule has 1 aliphatic rings. The van der Waals surface area contributed by atoms with E-state index in [1.54, 1.807) is 0 Å². The number of hydrogen-bond donors (Lipinski definition) is 1. The summed E-state index contributed by atoms with van der Waals surface area (Å²) in [5.41, 5.74) is 4.90. The lowest BCUT2D eigenvalue weighted by atomic mass is 10.0. The van der Waals surface area contributed by atoms with Crippen molar-refractivity contribution < 1.29 is 4.74 Å². The number of nitrogens with zero attached hydrogens (tertiary/aromatic N) is 2. The summed E-state index contributed by atoms with van der Waals surface area (Å²) in [6.07, 6.45) is 0. The minimum absolute atomic E-state index is 0.272. The van der Waals surface area contributed by atoms with E-state index in [1.807, 2.05) is 6.07 Å². The summed E-state index contributed by atoms with van der Waals surface area (Å²) in [6, 6.07) is 10.7. The fraction of sp³-hybridized carbons (Fsp3) is 0.438. The van der Waals surface area contributed by atoms with Crippen LogP contribution in [0.2, 0.25) is 0 Å². The average Bonchev–Trinajstić information content (AvgIpc) is 2.75. The van der Waals surface area contributed by atoms with Crippen LogP contribution in [0.1, 0.15) is 28.6 Å². The lowest BCUT2D eigenvalue weighted by molar-refractivity contribution is 0.0764. The molecule has 0 saturated carbocycles. The van der Waals surface area contributed by atoms with Crippen LogP contribution in [0, 0.1) is 13.8 Å². The van der Waals surface area contributed by atoms with Crippen LogP contribution in [0.15, 0.2) is 30.3 Å². The predicted octanol–water partition coefficient (Wildman–Crippen LogP) is 2.21. The number of morpholine rings is 1. The van der Waals surface area contributed by atoms with Gasteiger partial charge in [-0.05, 0) is 19.4 Å². The molecule has 0 amide bonds. The molecule has 4 nitrogen and oxygen atoms in total. The second kappa shape index (κ2) is 5.77. The first-order valence-electron chi connectivity index (χ1n) is 7.14. The van der Waals surface area contributed by atoms with Crippen LogP contribution in [0.4, 0.5) is 0 Å². The van der Waals surface area contributed by atoms with Gasteiger partial charge in [-0.3, -0.25) is 4.68 Å². The maximum atomic E-state index is 5.57. The van der Waals surface area contributed by atoms with Gasteiger partial charge in [0.05, 0.1) is 31.5 Å². The first-order chi connectivity index (χ1) is 9.75. The highest BCUT2D eigenvalue weighted by molar-refractivity contribution is 5.29. The highest BCUT2D eigenvalue weighted by Crippen LogP contribution is 2.24. The maximum absolute atomic E-state index is 5.57. The predicted molar refractivity (Wildman–Crippen MR) is 78.8 cm³/mol. The first-order valence-corrected chi connectivity index (χ1v) is 7.14. The van der Waals surface area contributed by atoms with Crippen molar-refractivity contribution >= 4 is 0 Å². The van der Waals surface area contributed by atoms with Crippen LogP contribution in [-0.2, 0) is 11.3 Å². The molecule has 1 aromatic heterocycles. The topological polar surface area (TPSA) is 39.1 Å². The van der Waals surface area contributed by atoms with Crippen molar-refractivity contribution in [1.29, 1.82) is 0 Å². The third-order valence-corrected chi connectivity index (χ3v) is 3.88. The zero-order chi connectivity index (χ0) is 13.9. The van der Waals surface area contributed by atoms with Crippen LogP contribution in [0.5, 0.6) is 0 Å². The third kappa shape index (κ3) is 2.62. The summed E-state index contributed by atoms with van der Waals surface area (Å²) in [5, 5.41) is 8.22. The molecule has 3 rings (SSSR count). The van der Waals surface area contributed by atoms with Crippen molar-refractivity contribution in [2.24, 2.45) is 0 Å². The van der Waals surface area contributed by atoms with Gasteiger partial charge in [0.1, 0.15) is 0 Å². The Labute approximate surface area is 119 Å². The number of aryl methyl sites for hydroxylation is 1. The monoisotopic (exact) mass is 271 g/mol. The molecule has 0 aliphatic carbocycles. The van der Waals surface area contributed by atoms with E-state index in [0.717, 1.165) is 32.0 Å². The molecule has 106 valence electrons. The Morgan fingerprint density at radius 2 is 2.10 bits per heavy atom. The Bertz CT molecular complexity index is 571. The Hall–Kier alpha value is -1.65. The second-order valence-electron chi connectivity index (χ2n) is 5.31. The van der Waals surface area contributed by atoms with Crippen LogP contribution in [-0.4, -0.2) is 29.5 Å².